The summed E-state index contributed by atoms with van der Waals surface area (Å²) < 4.78 is 0. The van der Waals surface area contributed by atoms with E-state index in [-0.39, 0.29) is 17.9 Å². The number of nitrogens with zero attached hydrogens (tertiary/aromatic N) is 3. The number of aryl methyl sites for hydroxylation is 1. The highest BCUT2D eigenvalue weighted by molar-refractivity contribution is 7.99. The third-order valence-corrected chi connectivity index (χ3v) is 6.00. The number of fused-ring (bicyclic) bond motifs is 1. The maximum absolute atomic E-state index is 13.1. The van der Waals surface area contributed by atoms with Crippen molar-refractivity contribution in [1.29, 1.82) is 0 Å². The molecule has 25 heavy (non-hydrogen) atoms. The van der Waals surface area contributed by atoms with Crippen molar-refractivity contribution in [2.75, 3.05) is 24.7 Å². The number of amides is 2. The van der Waals surface area contributed by atoms with E-state index in [0.29, 0.717) is 17.3 Å². The van der Waals surface area contributed by atoms with E-state index in [9.17, 15) is 9.59 Å². The molecule has 2 amide bonds. The SMILES string of the molecule is Cc1cc(C(=O)N2CSCC2C(=O)N2CCCC2)nc2ccccc12. The highest BCUT2D eigenvalue weighted by Gasteiger charge is 2.38. The van der Waals surface area contributed by atoms with Gasteiger partial charge >= 0.3 is 0 Å². The number of hydrogen-bond acceptors (Lipinski definition) is 4. The summed E-state index contributed by atoms with van der Waals surface area (Å²) in [6.07, 6.45) is 2.12. The standard InChI is InChI=1S/C19H21N3O2S/c1-13-10-16(20-15-7-3-2-6-14(13)15)18(23)22-12-25-11-17(22)19(24)21-8-4-5-9-21/h2-3,6-7,10,17H,4-5,8-9,11-12H2,1H3. The van der Waals surface area contributed by atoms with Gasteiger partial charge in [-0.3, -0.25) is 9.59 Å². The molecule has 1 atom stereocenters. The second-order valence-corrected chi connectivity index (χ2v) is 7.66. The molecule has 2 aliphatic rings. The molecule has 6 heteroatoms. The van der Waals surface area contributed by atoms with Crippen molar-refractivity contribution in [3.8, 4) is 0 Å². The lowest BCUT2D eigenvalue weighted by Gasteiger charge is -2.27. The van der Waals surface area contributed by atoms with E-state index in [1.807, 2.05) is 42.2 Å². The zero-order valence-electron chi connectivity index (χ0n) is 14.3. The molecule has 3 heterocycles. The largest absolute Gasteiger partial charge is 0.341 e. The van der Waals surface area contributed by atoms with Gasteiger partial charge in [0.15, 0.2) is 0 Å². The minimum Gasteiger partial charge on any atom is -0.341 e. The Kier molecular flexibility index (Phi) is 4.37. The molecule has 0 aliphatic carbocycles. The van der Waals surface area contributed by atoms with Crippen molar-refractivity contribution in [1.82, 2.24) is 14.8 Å². The molecule has 1 unspecified atom stereocenters. The summed E-state index contributed by atoms with van der Waals surface area (Å²) in [7, 11) is 0. The van der Waals surface area contributed by atoms with E-state index in [1.54, 1.807) is 16.7 Å². The van der Waals surface area contributed by atoms with Crippen LogP contribution in [0.5, 0.6) is 0 Å². The predicted octanol–water partition coefficient (Wildman–Crippen LogP) is 2.68. The first kappa shape index (κ1) is 16.4. The van der Waals surface area contributed by atoms with Crippen LogP contribution in [0.4, 0.5) is 0 Å². The fourth-order valence-corrected chi connectivity index (χ4v) is 4.75. The van der Waals surface area contributed by atoms with E-state index in [4.69, 9.17) is 0 Å². The number of pyridine rings is 1. The van der Waals surface area contributed by atoms with Crippen molar-refractivity contribution in [3.63, 3.8) is 0 Å². The number of thioether (sulfide) groups is 1. The summed E-state index contributed by atoms with van der Waals surface area (Å²) >= 11 is 1.64. The number of carbonyl (C=O) groups excluding carboxylic acids is 2. The van der Waals surface area contributed by atoms with Crippen molar-refractivity contribution >= 4 is 34.5 Å². The van der Waals surface area contributed by atoms with E-state index >= 15 is 0 Å². The summed E-state index contributed by atoms with van der Waals surface area (Å²) in [5, 5.41) is 1.06. The molecule has 0 N–H and O–H groups in total. The van der Waals surface area contributed by atoms with Crippen LogP contribution in [0.1, 0.15) is 28.9 Å². The average Bonchev–Trinajstić information content (AvgIpc) is 3.32. The van der Waals surface area contributed by atoms with Crippen molar-refractivity contribution < 1.29 is 9.59 Å². The summed E-state index contributed by atoms with van der Waals surface area (Å²) in [5.74, 6) is 1.18. The molecule has 0 spiro atoms. The smallest absolute Gasteiger partial charge is 0.273 e. The van der Waals surface area contributed by atoms with Crippen LogP contribution in [0.25, 0.3) is 10.9 Å². The number of rotatable bonds is 2. The first-order chi connectivity index (χ1) is 12.1. The van der Waals surface area contributed by atoms with E-state index in [1.165, 1.54) is 0 Å². The molecule has 130 valence electrons. The molecule has 2 saturated heterocycles. The minimum atomic E-state index is -0.357. The van der Waals surface area contributed by atoms with Gasteiger partial charge in [-0.2, -0.15) is 0 Å². The number of aromatic nitrogens is 1. The zero-order chi connectivity index (χ0) is 17.4. The second-order valence-electron chi connectivity index (χ2n) is 6.66. The van der Waals surface area contributed by atoms with Gasteiger partial charge < -0.3 is 9.80 Å². The summed E-state index contributed by atoms with van der Waals surface area (Å²) in [6, 6.07) is 9.31. The molecule has 0 bridgehead atoms. The van der Waals surface area contributed by atoms with Gasteiger partial charge in [0.05, 0.1) is 11.4 Å². The van der Waals surface area contributed by atoms with Crippen LogP contribution in [0.15, 0.2) is 30.3 Å². The monoisotopic (exact) mass is 355 g/mol. The van der Waals surface area contributed by atoms with Gasteiger partial charge in [-0.15, -0.1) is 11.8 Å². The van der Waals surface area contributed by atoms with E-state index in [0.717, 1.165) is 42.4 Å². The molecule has 2 fully saturated rings. The van der Waals surface area contributed by atoms with Gasteiger partial charge in [0, 0.05) is 24.2 Å². The molecule has 5 nitrogen and oxygen atoms in total. The van der Waals surface area contributed by atoms with Crippen LogP contribution in [0, 0.1) is 6.92 Å². The van der Waals surface area contributed by atoms with Gasteiger partial charge in [0.1, 0.15) is 11.7 Å². The van der Waals surface area contributed by atoms with Gasteiger partial charge in [-0.1, -0.05) is 18.2 Å². The average molecular weight is 355 g/mol. The fraction of sp³-hybridized carbons (Fsp3) is 0.421. The van der Waals surface area contributed by atoms with Gasteiger partial charge in [0.2, 0.25) is 5.91 Å². The van der Waals surface area contributed by atoms with Crippen molar-refractivity contribution in [2.24, 2.45) is 0 Å². The number of para-hydroxylation sites is 1. The second kappa shape index (κ2) is 6.67. The number of benzene rings is 1. The van der Waals surface area contributed by atoms with E-state index in [2.05, 4.69) is 4.98 Å². The third-order valence-electron chi connectivity index (χ3n) is 4.99. The molecule has 4 rings (SSSR count). The van der Waals surface area contributed by atoms with Crippen molar-refractivity contribution in [2.45, 2.75) is 25.8 Å². The fourth-order valence-electron chi connectivity index (χ4n) is 3.60. The Bertz CT molecular complexity index is 833. The molecule has 2 aliphatic heterocycles. The van der Waals surface area contributed by atoms with Crippen LogP contribution in [0.3, 0.4) is 0 Å². The minimum absolute atomic E-state index is 0.0911. The first-order valence-corrected chi connectivity index (χ1v) is 9.84. The van der Waals surface area contributed by atoms with Crippen LogP contribution < -0.4 is 0 Å². The quantitative estimate of drug-likeness (QED) is 0.831. The summed E-state index contributed by atoms with van der Waals surface area (Å²) in [5.41, 5.74) is 2.28. The Morgan fingerprint density at radius 3 is 2.76 bits per heavy atom. The molecule has 0 radical (unpaired) electrons. The lowest BCUT2D eigenvalue weighted by Crippen LogP contribution is -2.48. The maximum atomic E-state index is 13.1. The van der Waals surface area contributed by atoms with Crippen LogP contribution in [-0.2, 0) is 4.79 Å². The Morgan fingerprint density at radius 1 is 1.20 bits per heavy atom. The molecule has 1 aromatic carbocycles. The van der Waals surface area contributed by atoms with Crippen molar-refractivity contribution in [3.05, 3.63) is 41.6 Å². The lowest BCUT2D eigenvalue weighted by molar-refractivity contribution is -0.133. The Balaban J connectivity index is 1.62. The van der Waals surface area contributed by atoms with Gasteiger partial charge in [-0.05, 0) is 37.5 Å². The summed E-state index contributed by atoms with van der Waals surface area (Å²) in [4.78, 5) is 34.0. The van der Waals surface area contributed by atoms with Crippen LogP contribution in [-0.4, -0.2) is 57.4 Å². The molecule has 0 saturated carbocycles. The summed E-state index contributed by atoms with van der Waals surface area (Å²) in [6.45, 7) is 3.62. The molecule has 2 aromatic rings. The van der Waals surface area contributed by atoms with Gasteiger partial charge in [0.25, 0.3) is 5.91 Å². The Labute approximate surface area is 151 Å². The van der Waals surface area contributed by atoms with E-state index < -0.39 is 0 Å². The highest BCUT2D eigenvalue weighted by Crippen LogP contribution is 2.26. The normalized spacial score (nSPS) is 20.4. The Hall–Kier alpha value is -2.08. The zero-order valence-corrected chi connectivity index (χ0v) is 15.1. The molecular weight excluding hydrogens is 334 g/mol. The number of likely N-dealkylation sites (tertiary alicyclic amines) is 1. The van der Waals surface area contributed by atoms with Crippen LogP contribution in [0.2, 0.25) is 0 Å². The molecule has 1 aromatic heterocycles. The lowest BCUT2D eigenvalue weighted by atomic mass is 10.1. The van der Waals surface area contributed by atoms with Crippen LogP contribution >= 0.6 is 11.8 Å². The predicted molar refractivity (Wildman–Crippen MR) is 99.6 cm³/mol. The number of hydrogen-bond donors (Lipinski definition) is 0. The third kappa shape index (κ3) is 2.99. The molecular formula is C19H21N3O2S. The topological polar surface area (TPSA) is 53.5 Å². The Morgan fingerprint density at radius 2 is 1.96 bits per heavy atom. The number of carbonyl (C=O) groups is 2. The van der Waals surface area contributed by atoms with Gasteiger partial charge in [-0.25, -0.2) is 4.98 Å². The first-order valence-electron chi connectivity index (χ1n) is 8.69. The highest BCUT2D eigenvalue weighted by atomic mass is 32.2. The maximum Gasteiger partial charge on any atom is 0.273 e.